The third-order valence-corrected chi connectivity index (χ3v) is 5.73. The zero-order chi connectivity index (χ0) is 21.8. The van der Waals surface area contributed by atoms with Gasteiger partial charge in [-0.15, -0.1) is 5.11 Å². The quantitative estimate of drug-likeness (QED) is 0.417. The predicted octanol–water partition coefficient (Wildman–Crippen LogP) is 1.27. The second-order valence-electron chi connectivity index (χ2n) is 5.53. The fourth-order valence-electron chi connectivity index (χ4n) is 2.15. The number of pyridine rings is 1. The van der Waals surface area contributed by atoms with Crippen molar-refractivity contribution in [1.29, 1.82) is 5.26 Å². The highest BCUT2D eigenvalue weighted by molar-refractivity contribution is 7.91. The van der Waals surface area contributed by atoms with Gasteiger partial charge in [0.2, 0.25) is 5.88 Å². The Kier molecular flexibility index (Phi) is 6.49. The minimum Gasteiger partial charge on any atom is -0.494 e. The smallest absolute Gasteiger partial charge is 0.397 e. The molecule has 0 bridgehead atoms. The van der Waals surface area contributed by atoms with Crippen LogP contribution in [-0.2, 0) is 24.4 Å². The Morgan fingerprint density at radius 2 is 1.79 bits per heavy atom. The summed E-state index contributed by atoms with van der Waals surface area (Å²) < 4.78 is 57.5. The Balaban J connectivity index is 2.22. The van der Waals surface area contributed by atoms with Crippen LogP contribution in [0.4, 0.5) is 11.4 Å². The van der Waals surface area contributed by atoms with Crippen molar-refractivity contribution in [3.8, 4) is 11.9 Å². The number of azo groups is 1. The molecule has 1 aromatic heterocycles. The summed E-state index contributed by atoms with van der Waals surface area (Å²) in [4.78, 5) is 13.8. The van der Waals surface area contributed by atoms with Crippen LogP contribution in [0.1, 0.15) is 11.1 Å². The molecule has 3 N–H and O–H groups in total. The van der Waals surface area contributed by atoms with E-state index in [9.17, 15) is 26.7 Å². The fourth-order valence-corrected chi connectivity index (χ4v) is 3.64. The van der Waals surface area contributed by atoms with E-state index >= 15 is 0 Å². The average molecular weight is 442 g/mol. The molecule has 0 radical (unpaired) electrons. The van der Waals surface area contributed by atoms with Gasteiger partial charge in [-0.1, -0.05) is 0 Å². The van der Waals surface area contributed by atoms with E-state index in [0.717, 1.165) is 0 Å². The zero-order valence-electron chi connectivity index (χ0n) is 14.7. The molecule has 14 heteroatoms. The monoisotopic (exact) mass is 442 g/mol. The third kappa shape index (κ3) is 5.68. The number of nitrogens with zero attached hydrogens (tertiary/aromatic N) is 3. The van der Waals surface area contributed by atoms with E-state index in [2.05, 4.69) is 19.4 Å². The standard InChI is InChI=1S/C15H14N4O8S2/c1-9-12(8-16)14(20)17-15(21)13(9)19-18-10-2-4-11(5-3-10)28(22,23)7-6-27-29(24,25)26/h2-5H,6-7H2,1H3,(H2,17,20,21)(H,24,25,26). The summed E-state index contributed by atoms with van der Waals surface area (Å²) in [6, 6.07) is 6.67. The molecule has 0 spiro atoms. The zero-order valence-corrected chi connectivity index (χ0v) is 16.4. The molecule has 0 fully saturated rings. The highest BCUT2D eigenvalue weighted by Crippen LogP contribution is 2.25. The minimum absolute atomic E-state index is 0.121. The minimum atomic E-state index is -4.74. The molecule has 0 saturated heterocycles. The average Bonchev–Trinajstić information content (AvgIpc) is 2.60. The summed E-state index contributed by atoms with van der Waals surface area (Å²) in [7, 11) is -8.63. The number of aromatic hydroxyl groups is 1. The number of rotatable bonds is 7. The number of nitriles is 1. The molecule has 12 nitrogen and oxygen atoms in total. The lowest BCUT2D eigenvalue weighted by Crippen LogP contribution is -2.15. The van der Waals surface area contributed by atoms with Crippen molar-refractivity contribution in [2.24, 2.45) is 10.2 Å². The summed E-state index contributed by atoms with van der Waals surface area (Å²) in [6.45, 7) is 0.652. The lowest BCUT2D eigenvalue weighted by molar-refractivity contribution is 0.284. The highest BCUT2D eigenvalue weighted by atomic mass is 32.3. The molecule has 29 heavy (non-hydrogen) atoms. The third-order valence-electron chi connectivity index (χ3n) is 3.57. The second kappa shape index (κ2) is 8.49. The molecular weight excluding hydrogens is 428 g/mol. The number of nitrogens with one attached hydrogen (secondary N) is 1. The van der Waals surface area contributed by atoms with Gasteiger partial charge in [-0.25, -0.2) is 12.6 Å². The first-order valence-corrected chi connectivity index (χ1v) is 10.7. The molecule has 0 saturated carbocycles. The Morgan fingerprint density at radius 3 is 2.34 bits per heavy atom. The molecule has 0 aliphatic carbocycles. The van der Waals surface area contributed by atoms with Crippen molar-refractivity contribution in [3.63, 3.8) is 0 Å². The van der Waals surface area contributed by atoms with Crippen molar-refractivity contribution < 1.29 is 30.7 Å². The number of aromatic amines is 1. The van der Waals surface area contributed by atoms with Gasteiger partial charge in [0.1, 0.15) is 11.6 Å². The Hall–Kier alpha value is -3.12. The maximum Gasteiger partial charge on any atom is 0.397 e. The summed E-state index contributed by atoms with van der Waals surface area (Å²) >= 11 is 0. The van der Waals surface area contributed by atoms with Crippen molar-refractivity contribution in [2.75, 3.05) is 12.4 Å². The van der Waals surface area contributed by atoms with Gasteiger partial charge in [0.25, 0.3) is 5.56 Å². The van der Waals surface area contributed by atoms with E-state index < -0.39 is 44.0 Å². The Bertz CT molecular complexity index is 1260. The summed E-state index contributed by atoms with van der Waals surface area (Å²) in [6.07, 6.45) is 0. The molecule has 154 valence electrons. The van der Waals surface area contributed by atoms with Gasteiger partial charge in [0.05, 0.1) is 22.9 Å². The van der Waals surface area contributed by atoms with E-state index in [1.165, 1.54) is 31.2 Å². The summed E-state index contributed by atoms with van der Waals surface area (Å²) in [5, 5.41) is 26.1. The molecular formula is C15H14N4O8S2. The molecule has 0 aliphatic heterocycles. The van der Waals surface area contributed by atoms with Crippen LogP contribution in [0.2, 0.25) is 0 Å². The maximum absolute atomic E-state index is 12.1. The van der Waals surface area contributed by atoms with Crippen molar-refractivity contribution >= 4 is 31.6 Å². The molecule has 0 aliphatic rings. The number of H-pyrrole nitrogens is 1. The van der Waals surface area contributed by atoms with Gasteiger partial charge < -0.3 is 5.11 Å². The molecule has 2 aromatic rings. The number of aromatic nitrogens is 1. The lowest BCUT2D eigenvalue weighted by Gasteiger charge is -2.04. The first-order chi connectivity index (χ1) is 13.4. The van der Waals surface area contributed by atoms with Crippen LogP contribution in [0, 0.1) is 18.3 Å². The van der Waals surface area contributed by atoms with E-state index in [1.807, 2.05) is 0 Å². The van der Waals surface area contributed by atoms with Crippen LogP contribution in [0.5, 0.6) is 5.88 Å². The Labute approximate surface area is 165 Å². The molecule has 0 atom stereocenters. The topological polar surface area (TPSA) is 199 Å². The van der Waals surface area contributed by atoms with Crippen LogP contribution in [-0.4, -0.2) is 43.8 Å². The molecule has 1 aromatic carbocycles. The van der Waals surface area contributed by atoms with Crippen LogP contribution in [0.15, 0.2) is 44.2 Å². The van der Waals surface area contributed by atoms with Gasteiger partial charge in [-0.2, -0.15) is 18.8 Å². The molecule has 2 rings (SSSR count). The normalized spacial score (nSPS) is 12.2. The van der Waals surface area contributed by atoms with Gasteiger partial charge >= 0.3 is 10.4 Å². The number of benzene rings is 1. The van der Waals surface area contributed by atoms with Crippen LogP contribution in [0.3, 0.4) is 0 Å². The largest absolute Gasteiger partial charge is 0.494 e. The van der Waals surface area contributed by atoms with Crippen molar-refractivity contribution in [2.45, 2.75) is 11.8 Å². The maximum atomic E-state index is 12.1. The van der Waals surface area contributed by atoms with Crippen LogP contribution >= 0.6 is 0 Å². The SMILES string of the molecule is Cc1c(C#N)c(O)[nH]c(=O)c1N=Nc1ccc(S(=O)(=O)CCOS(=O)(=O)O)cc1. The molecule has 1 heterocycles. The van der Waals surface area contributed by atoms with E-state index in [-0.39, 0.29) is 27.4 Å². The number of sulfone groups is 1. The summed E-state index contributed by atoms with van der Waals surface area (Å²) in [5.41, 5.74) is -0.814. The van der Waals surface area contributed by atoms with E-state index in [0.29, 0.717) is 0 Å². The Morgan fingerprint density at radius 1 is 1.17 bits per heavy atom. The van der Waals surface area contributed by atoms with Crippen molar-refractivity contribution in [3.05, 3.63) is 45.7 Å². The van der Waals surface area contributed by atoms with Gasteiger partial charge in [-0.3, -0.25) is 14.3 Å². The van der Waals surface area contributed by atoms with Crippen LogP contribution < -0.4 is 5.56 Å². The lowest BCUT2D eigenvalue weighted by atomic mass is 10.1. The van der Waals surface area contributed by atoms with Crippen molar-refractivity contribution in [1.82, 2.24) is 4.98 Å². The number of hydrogen-bond donors (Lipinski definition) is 3. The second-order valence-corrected chi connectivity index (χ2v) is 8.73. The van der Waals surface area contributed by atoms with Gasteiger partial charge in [0, 0.05) is 5.56 Å². The summed E-state index contributed by atoms with van der Waals surface area (Å²) in [5.74, 6) is -1.27. The fraction of sp³-hybridized carbons (Fsp3) is 0.200. The van der Waals surface area contributed by atoms with E-state index in [4.69, 9.17) is 9.81 Å². The van der Waals surface area contributed by atoms with Gasteiger partial charge in [0.15, 0.2) is 15.5 Å². The molecule has 0 unspecified atom stereocenters. The first-order valence-electron chi connectivity index (χ1n) is 7.67. The van der Waals surface area contributed by atoms with E-state index in [1.54, 1.807) is 6.07 Å². The number of hydrogen-bond acceptors (Lipinski definition) is 10. The first kappa shape index (κ1) is 22.2. The van der Waals surface area contributed by atoms with Gasteiger partial charge in [-0.05, 0) is 31.2 Å². The predicted molar refractivity (Wildman–Crippen MR) is 98.4 cm³/mol. The highest BCUT2D eigenvalue weighted by Gasteiger charge is 2.17. The molecule has 0 amide bonds. The van der Waals surface area contributed by atoms with Crippen LogP contribution in [0.25, 0.3) is 0 Å².